The third-order valence-electron chi connectivity index (χ3n) is 1.15. The van der Waals surface area contributed by atoms with Crippen LogP contribution in [0.1, 0.15) is 7.43 Å². The lowest BCUT2D eigenvalue weighted by Crippen LogP contribution is -1.88. The largest absolute Gasteiger partial charge is 0.497 e. The number of aromatic nitrogens is 1. The minimum Gasteiger partial charge on any atom is -0.497 e. The minimum atomic E-state index is 0. The molecule has 1 aromatic rings. The van der Waals surface area contributed by atoms with Gasteiger partial charge in [-0.1, -0.05) is 7.43 Å². The lowest BCUT2D eigenvalue weighted by Gasteiger charge is -2.00. The van der Waals surface area contributed by atoms with Gasteiger partial charge in [-0.2, -0.15) is 0 Å². The molecule has 3 heteroatoms. The van der Waals surface area contributed by atoms with E-state index in [4.69, 9.17) is 9.47 Å². The third-order valence-corrected chi connectivity index (χ3v) is 1.15. The third kappa shape index (κ3) is 2.45. The van der Waals surface area contributed by atoms with E-state index in [1.54, 1.807) is 32.5 Å². The Bertz CT molecular complexity index is 194. The van der Waals surface area contributed by atoms with Gasteiger partial charge in [0.05, 0.1) is 14.2 Å². The molecule has 0 aliphatic carbocycles. The number of pyridine rings is 1. The predicted molar refractivity (Wildman–Crippen MR) is 44.1 cm³/mol. The Balaban J connectivity index is 0.000001000. The molecule has 0 aliphatic heterocycles. The molecule has 0 atom stereocenters. The molecule has 0 unspecified atom stereocenters. The molecule has 0 saturated heterocycles. The summed E-state index contributed by atoms with van der Waals surface area (Å²) in [6, 6.07) is 3.49. The molecule has 0 aromatic carbocycles. The van der Waals surface area contributed by atoms with E-state index in [1.807, 2.05) is 0 Å². The zero-order valence-corrected chi connectivity index (χ0v) is 6.00. The van der Waals surface area contributed by atoms with Crippen LogP contribution >= 0.6 is 0 Å². The highest BCUT2D eigenvalue weighted by Crippen LogP contribution is 2.14. The van der Waals surface area contributed by atoms with Gasteiger partial charge in [0.25, 0.3) is 0 Å². The minimum absolute atomic E-state index is 0. The van der Waals surface area contributed by atoms with Crippen molar-refractivity contribution < 1.29 is 9.47 Å². The number of ether oxygens (including phenoxy) is 2. The molecule has 1 rings (SSSR count). The first kappa shape index (κ1) is 9.75. The Hall–Kier alpha value is -1.25. The highest BCUT2D eigenvalue weighted by Gasteiger charge is 1.93. The molecule has 0 saturated carbocycles. The van der Waals surface area contributed by atoms with Crippen molar-refractivity contribution >= 4 is 0 Å². The molecule has 1 aromatic heterocycles. The van der Waals surface area contributed by atoms with E-state index >= 15 is 0 Å². The summed E-state index contributed by atoms with van der Waals surface area (Å²) in [5, 5.41) is 0. The van der Waals surface area contributed by atoms with Gasteiger partial charge in [-0.05, 0) is 6.07 Å². The van der Waals surface area contributed by atoms with Crippen molar-refractivity contribution in [2.24, 2.45) is 0 Å². The molecule has 0 radical (unpaired) electrons. The second kappa shape index (κ2) is 4.55. The van der Waals surface area contributed by atoms with Gasteiger partial charge in [0, 0.05) is 12.3 Å². The molecular formula is C8H13NO2. The van der Waals surface area contributed by atoms with E-state index in [-0.39, 0.29) is 7.43 Å². The molecule has 0 N–H and O–H groups in total. The van der Waals surface area contributed by atoms with Crippen molar-refractivity contribution in [3.63, 3.8) is 0 Å². The second-order valence-corrected chi connectivity index (χ2v) is 1.74. The molecule has 0 aliphatic rings. The SMILES string of the molecule is C.COc1ccnc(OC)c1. The smallest absolute Gasteiger partial charge is 0.216 e. The first-order valence-electron chi connectivity index (χ1n) is 2.91. The van der Waals surface area contributed by atoms with Crippen molar-refractivity contribution in [3.8, 4) is 11.6 Å². The fourth-order valence-electron chi connectivity index (χ4n) is 0.630. The first-order chi connectivity index (χ1) is 4.86. The van der Waals surface area contributed by atoms with Gasteiger partial charge in [-0.15, -0.1) is 0 Å². The average Bonchev–Trinajstić information content (AvgIpc) is 2.05. The van der Waals surface area contributed by atoms with Crippen LogP contribution in [0, 0.1) is 0 Å². The summed E-state index contributed by atoms with van der Waals surface area (Å²) >= 11 is 0. The van der Waals surface area contributed by atoms with E-state index in [2.05, 4.69) is 4.98 Å². The summed E-state index contributed by atoms with van der Waals surface area (Å²) in [5.74, 6) is 1.33. The van der Waals surface area contributed by atoms with E-state index in [1.165, 1.54) is 0 Å². The Morgan fingerprint density at radius 1 is 1.27 bits per heavy atom. The van der Waals surface area contributed by atoms with Gasteiger partial charge in [0.15, 0.2) is 0 Å². The summed E-state index contributed by atoms with van der Waals surface area (Å²) in [6.07, 6.45) is 1.64. The van der Waals surface area contributed by atoms with Crippen LogP contribution in [0.2, 0.25) is 0 Å². The van der Waals surface area contributed by atoms with Crippen molar-refractivity contribution in [2.75, 3.05) is 14.2 Å². The van der Waals surface area contributed by atoms with Crippen molar-refractivity contribution in [3.05, 3.63) is 18.3 Å². The zero-order valence-electron chi connectivity index (χ0n) is 6.00. The van der Waals surface area contributed by atoms with Crippen LogP contribution in [0.25, 0.3) is 0 Å². The van der Waals surface area contributed by atoms with Crippen LogP contribution in [-0.4, -0.2) is 19.2 Å². The Labute approximate surface area is 67.0 Å². The van der Waals surface area contributed by atoms with E-state index in [0.29, 0.717) is 5.88 Å². The Morgan fingerprint density at radius 2 is 2.00 bits per heavy atom. The van der Waals surface area contributed by atoms with Crippen LogP contribution in [-0.2, 0) is 0 Å². The highest BCUT2D eigenvalue weighted by atomic mass is 16.5. The quantitative estimate of drug-likeness (QED) is 0.651. The van der Waals surface area contributed by atoms with Gasteiger partial charge in [0.2, 0.25) is 5.88 Å². The van der Waals surface area contributed by atoms with E-state index in [0.717, 1.165) is 5.75 Å². The summed E-state index contributed by atoms with van der Waals surface area (Å²) in [7, 11) is 3.18. The number of hydrogen-bond donors (Lipinski definition) is 0. The molecule has 11 heavy (non-hydrogen) atoms. The van der Waals surface area contributed by atoms with Crippen molar-refractivity contribution in [1.29, 1.82) is 0 Å². The molecule has 62 valence electrons. The van der Waals surface area contributed by atoms with Gasteiger partial charge in [-0.3, -0.25) is 0 Å². The van der Waals surface area contributed by atoms with Crippen molar-refractivity contribution in [1.82, 2.24) is 4.98 Å². The standard InChI is InChI=1S/C7H9NO2.CH4/c1-9-6-3-4-8-7(5-6)10-2;/h3-5H,1-2H3;1H4. The average molecular weight is 155 g/mol. The van der Waals surface area contributed by atoms with Crippen LogP contribution < -0.4 is 9.47 Å². The first-order valence-corrected chi connectivity index (χ1v) is 2.91. The normalized spacial score (nSPS) is 8.18. The van der Waals surface area contributed by atoms with Crippen LogP contribution in [0.5, 0.6) is 11.6 Å². The molecular weight excluding hydrogens is 142 g/mol. The number of hydrogen-bond acceptors (Lipinski definition) is 3. The highest BCUT2D eigenvalue weighted by molar-refractivity contribution is 5.25. The zero-order chi connectivity index (χ0) is 7.40. The summed E-state index contributed by atoms with van der Waals surface area (Å²) in [5.41, 5.74) is 0. The molecule has 0 bridgehead atoms. The fraction of sp³-hybridized carbons (Fsp3) is 0.375. The van der Waals surface area contributed by atoms with Gasteiger partial charge >= 0.3 is 0 Å². The number of rotatable bonds is 2. The number of methoxy groups -OCH3 is 2. The van der Waals surface area contributed by atoms with Gasteiger partial charge in [0.1, 0.15) is 5.75 Å². The lowest BCUT2D eigenvalue weighted by molar-refractivity contribution is 0.382. The molecule has 0 fully saturated rings. The van der Waals surface area contributed by atoms with Gasteiger partial charge < -0.3 is 9.47 Å². The Morgan fingerprint density at radius 3 is 2.55 bits per heavy atom. The maximum absolute atomic E-state index is 4.94. The summed E-state index contributed by atoms with van der Waals surface area (Å²) in [6.45, 7) is 0. The fourth-order valence-corrected chi connectivity index (χ4v) is 0.630. The monoisotopic (exact) mass is 155 g/mol. The van der Waals surface area contributed by atoms with E-state index in [9.17, 15) is 0 Å². The van der Waals surface area contributed by atoms with E-state index < -0.39 is 0 Å². The molecule has 0 spiro atoms. The van der Waals surface area contributed by atoms with Crippen LogP contribution in [0.15, 0.2) is 18.3 Å². The van der Waals surface area contributed by atoms with Crippen LogP contribution in [0.4, 0.5) is 0 Å². The predicted octanol–water partition coefficient (Wildman–Crippen LogP) is 1.73. The molecule has 3 nitrogen and oxygen atoms in total. The molecule has 1 heterocycles. The van der Waals surface area contributed by atoms with Gasteiger partial charge in [-0.25, -0.2) is 4.98 Å². The summed E-state index contributed by atoms with van der Waals surface area (Å²) in [4.78, 5) is 3.90. The van der Waals surface area contributed by atoms with Crippen LogP contribution in [0.3, 0.4) is 0 Å². The lowest BCUT2D eigenvalue weighted by atomic mass is 10.4. The molecule has 0 amide bonds. The maximum atomic E-state index is 4.94. The summed E-state index contributed by atoms with van der Waals surface area (Å²) < 4.78 is 9.80. The second-order valence-electron chi connectivity index (χ2n) is 1.74. The number of nitrogens with zero attached hydrogens (tertiary/aromatic N) is 1. The van der Waals surface area contributed by atoms with Crippen molar-refractivity contribution in [2.45, 2.75) is 7.43 Å². The topological polar surface area (TPSA) is 31.4 Å². The Kier molecular flexibility index (Phi) is 4.03. The maximum Gasteiger partial charge on any atom is 0.216 e.